The number of carbonyl (C=O) groups is 1. The molecule has 4 aliphatic carbocycles. The molecule has 4 saturated carbocycles. The highest BCUT2D eigenvalue weighted by atomic mass is 16.5. The molecule has 4 fully saturated rings. The number of nitrogens with zero attached hydrogens (tertiary/aromatic N) is 3. The summed E-state index contributed by atoms with van der Waals surface area (Å²) in [5, 5.41) is 20.4. The zero-order valence-electron chi connectivity index (χ0n) is 16.1. The van der Waals surface area contributed by atoms with E-state index in [1.807, 2.05) is 6.07 Å². The molecule has 6 rings (SSSR count). The second-order valence-electron chi connectivity index (χ2n) is 9.14. The van der Waals surface area contributed by atoms with E-state index in [1.165, 1.54) is 4.57 Å². The van der Waals surface area contributed by atoms with Gasteiger partial charge in [-0.1, -0.05) is 12.1 Å². The van der Waals surface area contributed by atoms with Crippen LogP contribution < -0.4 is 5.56 Å². The van der Waals surface area contributed by atoms with Gasteiger partial charge in [-0.05, 0) is 62.5 Å². The van der Waals surface area contributed by atoms with Crippen molar-refractivity contribution in [3.05, 3.63) is 40.4 Å². The molecule has 7 heteroatoms. The van der Waals surface area contributed by atoms with E-state index in [-0.39, 0.29) is 30.5 Å². The molecule has 0 amide bonds. The minimum atomic E-state index is -0.743. The van der Waals surface area contributed by atoms with Crippen LogP contribution in [-0.4, -0.2) is 26.2 Å². The number of fused-ring (bicyclic) bond motifs is 1. The first-order valence-electron chi connectivity index (χ1n) is 10.2. The molecule has 2 unspecified atom stereocenters. The Hall–Kier alpha value is -2.72. The Labute approximate surface area is 167 Å². The van der Waals surface area contributed by atoms with E-state index in [2.05, 4.69) is 4.98 Å². The quantitative estimate of drug-likeness (QED) is 0.799. The Kier molecular flexibility index (Phi) is 4.04. The molecule has 4 aliphatic rings. The second-order valence-corrected chi connectivity index (χ2v) is 9.14. The van der Waals surface area contributed by atoms with E-state index in [9.17, 15) is 14.7 Å². The lowest BCUT2D eigenvalue weighted by Crippen LogP contribution is -2.58. The summed E-state index contributed by atoms with van der Waals surface area (Å²) < 4.78 is 6.93. The van der Waals surface area contributed by atoms with E-state index in [4.69, 9.17) is 10.00 Å². The van der Waals surface area contributed by atoms with Crippen molar-refractivity contribution < 1.29 is 14.6 Å². The second kappa shape index (κ2) is 6.39. The van der Waals surface area contributed by atoms with Crippen LogP contribution in [0.4, 0.5) is 0 Å². The van der Waals surface area contributed by atoms with E-state index in [1.54, 1.807) is 24.3 Å². The van der Waals surface area contributed by atoms with Crippen molar-refractivity contribution >= 4 is 16.9 Å². The monoisotopic (exact) mass is 393 g/mol. The number of aromatic nitrogens is 2. The van der Waals surface area contributed by atoms with Crippen molar-refractivity contribution in [2.75, 3.05) is 0 Å². The van der Waals surface area contributed by atoms with Crippen LogP contribution in [0.2, 0.25) is 0 Å². The molecule has 1 aromatic heterocycles. The number of benzene rings is 1. The molecule has 1 N–H and O–H groups in total. The van der Waals surface area contributed by atoms with Gasteiger partial charge in [0.1, 0.15) is 13.2 Å². The molecule has 0 saturated heterocycles. The van der Waals surface area contributed by atoms with Crippen LogP contribution in [0.25, 0.3) is 10.9 Å². The molecule has 29 heavy (non-hydrogen) atoms. The first-order chi connectivity index (χ1) is 13.9. The summed E-state index contributed by atoms with van der Waals surface area (Å²) in [6.07, 6.45) is 4.65. The minimum Gasteiger partial charge on any atom is -0.457 e. The lowest BCUT2D eigenvalue weighted by molar-refractivity contribution is -0.197. The molecule has 2 aromatic rings. The van der Waals surface area contributed by atoms with Crippen LogP contribution in [0.3, 0.4) is 0 Å². The van der Waals surface area contributed by atoms with Crippen LogP contribution in [-0.2, 0) is 22.7 Å². The first-order valence-corrected chi connectivity index (χ1v) is 10.2. The average Bonchev–Trinajstić information content (AvgIpc) is 2.67. The summed E-state index contributed by atoms with van der Waals surface area (Å²) in [5.74, 6) is 0.719. The standard InChI is InChI=1S/C22H23N3O4/c23-5-6-25-18(24-17-4-2-1-3-16(17)19(25)26)12-29-20(27)21-8-14-7-15(9-21)11-22(28,10-14)13-21/h1-4,14-15,28H,6-13H2. The Morgan fingerprint density at radius 3 is 2.69 bits per heavy atom. The molecule has 2 atom stereocenters. The minimum absolute atomic E-state index is 0.154. The largest absolute Gasteiger partial charge is 0.457 e. The smallest absolute Gasteiger partial charge is 0.312 e. The number of hydrogen-bond donors (Lipinski definition) is 1. The maximum atomic E-state index is 13.1. The summed E-state index contributed by atoms with van der Waals surface area (Å²) >= 11 is 0. The van der Waals surface area contributed by atoms with Gasteiger partial charge >= 0.3 is 5.97 Å². The number of ether oxygens (including phenoxy) is 1. The summed E-state index contributed by atoms with van der Waals surface area (Å²) in [7, 11) is 0. The fourth-order valence-electron chi connectivity index (χ4n) is 6.29. The van der Waals surface area contributed by atoms with E-state index in [0.717, 1.165) is 32.1 Å². The van der Waals surface area contributed by atoms with Crippen LogP contribution in [0, 0.1) is 28.6 Å². The SMILES string of the molecule is N#CCn1c(COC(=O)C23CC4CC(CC(O)(C4)C2)C3)nc2ccccc2c1=O. The molecular weight excluding hydrogens is 370 g/mol. The highest BCUT2D eigenvalue weighted by Gasteiger charge is 2.60. The summed E-state index contributed by atoms with van der Waals surface area (Å²) in [6, 6.07) is 8.92. The fourth-order valence-corrected chi connectivity index (χ4v) is 6.29. The van der Waals surface area contributed by atoms with Gasteiger partial charge in [-0.25, -0.2) is 4.98 Å². The first kappa shape index (κ1) is 18.3. The van der Waals surface area contributed by atoms with Crippen molar-refractivity contribution in [2.24, 2.45) is 17.3 Å². The van der Waals surface area contributed by atoms with Crippen LogP contribution in [0.15, 0.2) is 29.1 Å². The Morgan fingerprint density at radius 1 is 1.28 bits per heavy atom. The number of hydrogen-bond acceptors (Lipinski definition) is 6. The van der Waals surface area contributed by atoms with Crippen LogP contribution >= 0.6 is 0 Å². The number of aliphatic hydroxyl groups is 1. The third-order valence-corrected chi connectivity index (χ3v) is 6.97. The van der Waals surface area contributed by atoms with Gasteiger partial charge in [-0.3, -0.25) is 14.2 Å². The number of para-hydroxylation sites is 1. The molecule has 150 valence electrons. The van der Waals surface area contributed by atoms with Gasteiger partial charge in [0, 0.05) is 0 Å². The Morgan fingerprint density at radius 2 is 2.00 bits per heavy atom. The van der Waals surface area contributed by atoms with Crippen molar-refractivity contribution in [3.8, 4) is 6.07 Å². The lowest BCUT2D eigenvalue weighted by Gasteiger charge is -2.58. The van der Waals surface area contributed by atoms with Gasteiger partial charge in [0.15, 0.2) is 5.82 Å². The van der Waals surface area contributed by atoms with Gasteiger partial charge in [-0.15, -0.1) is 0 Å². The highest BCUT2D eigenvalue weighted by Crippen LogP contribution is 2.62. The normalized spacial score (nSPS) is 32.3. The van der Waals surface area contributed by atoms with Crippen molar-refractivity contribution in [1.82, 2.24) is 9.55 Å². The van der Waals surface area contributed by atoms with Crippen LogP contribution in [0.1, 0.15) is 44.3 Å². The molecule has 0 radical (unpaired) electrons. The van der Waals surface area contributed by atoms with E-state index >= 15 is 0 Å². The zero-order valence-corrected chi connectivity index (χ0v) is 16.1. The van der Waals surface area contributed by atoms with Gasteiger partial charge in [0.2, 0.25) is 0 Å². The van der Waals surface area contributed by atoms with Crippen LogP contribution in [0.5, 0.6) is 0 Å². The number of nitriles is 1. The molecule has 0 spiro atoms. The van der Waals surface area contributed by atoms with Gasteiger partial charge in [0.05, 0.1) is 28.0 Å². The molecular formula is C22H23N3O4. The third kappa shape index (κ3) is 2.94. The van der Waals surface area contributed by atoms with Gasteiger partial charge in [-0.2, -0.15) is 5.26 Å². The summed E-state index contributed by atoms with van der Waals surface area (Å²) in [4.78, 5) is 30.3. The maximum absolute atomic E-state index is 13.1. The number of esters is 1. The summed E-state index contributed by atoms with van der Waals surface area (Å²) in [6.45, 7) is -0.311. The van der Waals surface area contributed by atoms with Crippen molar-refractivity contribution in [1.29, 1.82) is 5.26 Å². The molecule has 7 nitrogen and oxygen atoms in total. The van der Waals surface area contributed by atoms with Gasteiger partial charge < -0.3 is 9.84 Å². The average molecular weight is 393 g/mol. The predicted molar refractivity (Wildman–Crippen MR) is 103 cm³/mol. The third-order valence-electron chi connectivity index (χ3n) is 6.97. The number of rotatable bonds is 4. The van der Waals surface area contributed by atoms with E-state index in [0.29, 0.717) is 29.2 Å². The lowest BCUT2D eigenvalue weighted by atomic mass is 9.48. The number of carbonyl (C=O) groups excluding carboxylic acids is 1. The van der Waals surface area contributed by atoms with Gasteiger partial charge in [0.25, 0.3) is 5.56 Å². The Balaban J connectivity index is 1.42. The maximum Gasteiger partial charge on any atom is 0.312 e. The summed E-state index contributed by atoms with van der Waals surface area (Å²) in [5.41, 5.74) is -1.17. The fraction of sp³-hybridized carbons (Fsp3) is 0.545. The van der Waals surface area contributed by atoms with Crippen molar-refractivity contribution in [3.63, 3.8) is 0 Å². The molecule has 1 heterocycles. The highest BCUT2D eigenvalue weighted by molar-refractivity contribution is 5.78. The molecule has 4 bridgehead atoms. The molecule has 0 aliphatic heterocycles. The predicted octanol–water partition coefficient (Wildman–Crippen LogP) is 2.29. The van der Waals surface area contributed by atoms with E-state index < -0.39 is 11.0 Å². The topological polar surface area (TPSA) is 105 Å². The van der Waals surface area contributed by atoms with Crippen molar-refractivity contribution in [2.45, 2.75) is 57.3 Å². The molecule has 1 aromatic carbocycles. The Bertz CT molecular complexity index is 1090. The zero-order chi connectivity index (χ0) is 20.2.